The Kier molecular flexibility index (Phi) is 10.6. The molecule has 1 atom stereocenters. The molecule has 0 fully saturated rings. The zero-order valence-corrected chi connectivity index (χ0v) is 25.0. The summed E-state index contributed by atoms with van der Waals surface area (Å²) in [6.07, 6.45) is 0. The first-order valence-electron chi connectivity index (χ1n) is 13.0. The molecule has 10 heteroatoms. The molecule has 3 aromatic carbocycles. The van der Waals surface area contributed by atoms with E-state index in [1.54, 1.807) is 68.6 Å². The maximum Gasteiger partial charge on any atom is 0.264 e. The number of rotatable bonds is 12. The van der Waals surface area contributed by atoms with Crippen molar-refractivity contribution < 1.29 is 22.7 Å². The van der Waals surface area contributed by atoms with Crippen molar-refractivity contribution in [3.63, 3.8) is 0 Å². The number of anilines is 1. The molecule has 1 N–H and O–H groups in total. The normalized spacial score (nSPS) is 12.1. The van der Waals surface area contributed by atoms with Crippen LogP contribution in [-0.2, 0) is 26.2 Å². The Morgan fingerprint density at radius 3 is 2.20 bits per heavy atom. The molecule has 0 aliphatic carbocycles. The summed E-state index contributed by atoms with van der Waals surface area (Å²) in [7, 11) is -2.59. The molecule has 0 radical (unpaired) electrons. The van der Waals surface area contributed by atoms with Gasteiger partial charge in [0.2, 0.25) is 11.8 Å². The summed E-state index contributed by atoms with van der Waals surface area (Å²) in [5.74, 6) is 0.00507. The van der Waals surface area contributed by atoms with Gasteiger partial charge in [-0.15, -0.1) is 0 Å². The number of halogens is 1. The second-order valence-corrected chi connectivity index (χ2v) is 12.3. The van der Waals surface area contributed by atoms with Gasteiger partial charge in [-0.05, 0) is 67.8 Å². The van der Waals surface area contributed by atoms with Gasteiger partial charge in [-0.25, -0.2) is 8.42 Å². The minimum atomic E-state index is -4.16. The molecule has 3 rings (SSSR count). The van der Waals surface area contributed by atoms with Crippen LogP contribution in [0.2, 0.25) is 5.02 Å². The molecule has 0 aromatic heterocycles. The second kappa shape index (κ2) is 13.7. The fourth-order valence-corrected chi connectivity index (χ4v) is 5.55. The van der Waals surface area contributed by atoms with Crippen molar-refractivity contribution in [2.24, 2.45) is 5.92 Å². The lowest BCUT2D eigenvalue weighted by molar-refractivity contribution is -0.139. The zero-order chi connectivity index (χ0) is 29.4. The molecule has 0 aliphatic heterocycles. The van der Waals surface area contributed by atoms with Crippen molar-refractivity contribution in [1.82, 2.24) is 10.2 Å². The Morgan fingerprint density at radius 1 is 0.975 bits per heavy atom. The average molecular weight is 586 g/mol. The molecule has 3 aromatic rings. The lowest BCUT2D eigenvalue weighted by atomic mass is 10.1. The number of sulfonamides is 1. The smallest absolute Gasteiger partial charge is 0.264 e. The highest BCUT2D eigenvalue weighted by Crippen LogP contribution is 2.27. The number of methoxy groups -OCH3 is 1. The predicted octanol–water partition coefficient (Wildman–Crippen LogP) is 5.04. The van der Waals surface area contributed by atoms with E-state index in [0.29, 0.717) is 17.3 Å². The Labute approximate surface area is 241 Å². The largest absolute Gasteiger partial charge is 0.497 e. The molecule has 0 saturated heterocycles. The first kappa shape index (κ1) is 31.0. The summed E-state index contributed by atoms with van der Waals surface area (Å²) in [4.78, 5) is 28.4. The first-order valence-corrected chi connectivity index (χ1v) is 14.8. The van der Waals surface area contributed by atoms with Crippen molar-refractivity contribution >= 4 is 39.1 Å². The highest BCUT2D eigenvalue weighted by atomic mass is 35.5. The number of carbonyl (C=O) groups excluding carboxylic acids is 2. The van der Waals surface area contributed by atoms with Crippen molar-refractivity contribution in [2.75, 3.05) is 24.5 Å². The monoisotopic (exact) mass is 585 g/mol. The fourth-order valence-electron chi connectivity index (χ4n) is 3.96. The number of nitrogens with zero attached hydrogens (tertiary/aromatic N) is 2. The van der Waals surface area contributed by atoms with Gasteiger partial charge in [0.1, 0.15) is 18.3 Å². The lowest BCUT2D eigenvalue weighted by Crippen LogP contribution is -2.51. The molecule has 8 nitrogen and oxygen atoms in total. The van der Waals surface area contributed by atoms with E-state index in [2.05, 4.69) is 5.32 Å². The van der Waals surface area contributed by atoms with Crippen LogP contribution in [0.3, 0.4) is 0 Å². The van der Waals surface area contributed by atoms with Gasteiger partial charge in [0, 0.05) is 18.1 Å². The number of carbonyl (C=O) groups is 2. The van der Waals surface area contributed by atoms with Crippen LogP contribution in [0.25, 0.3) is 0 Å². The Hall–Kier alpha value is -3.56. The summed E-state index contributed by atoms with van der Waals surface area (Å²) >= 11 is 6.21. The third kappa shape index (κ3) is 7.99. The van der Waals surface area contributed by atoms with Crippen LogP contribution in [0.15, 0.2) is 77.7 Å². The minimum absolute atomic E-state index is 0.0373. The van der Waals surface area contributed by atoms with E-state index in [9.17, 15) is 18.0 Å². The topological polar surface area (TPSA) is 96.0 Å². The van der Waals surface area contributed by atoms with E-state index < -0.39 is 28.5 Å². The van der Waals surface area contributed by atoms with Gasteiger partial charge >= 0.3 is 0 Å². The van der Waals surface area contributed by atoms with E-state index in [0.717, 1.165) is 15.4 Å². The van der Waals surface area contributed by atoms with E-state index in [1.807, 2.05) is 20.8 Å². The lowest BCUT2D eigenvalue weighted by Gasteiger charge is -2.32. The SMILES string of the molecule is COc1ccc(CN(C(=O)CN(c2cccc(Cl)c2)S(=O)(=O)c2ccc(C)cc2)[C@@H](C)C(=O)NCC(C)C)cc1. The van der Waals surface area contributed by atoms with Gasteiger partial charge in [0.15, 0.2) is 0 Å². The zero-order valence-electron chi connectivity index (χ0n) is 23.4. The number of ether oxygens (including phenoxy) is 1. The van der Waals surface area contributed by atoms with Gasteiger partial charge in [-0.3, -0.25) is 13.9 Å². The highest BCUT2D eigenvalue weighted by molar-refractivity contribution is 7.92. The number of aryl methyl sites for hydroxylation is 1. The van der Waals surface area contributed by atoms with Gasteiger partial charge in [-0.1, -0.05) is 61.3 Å². The average Bonchev–Trinajstić information content (AvgIpc) is 2.93. The summed E-state index contributed by atoms with van der Waals surface area (Å²) in [6.45, 7) is 7.45. The molecule has 0 saturated carbocycles. The molecular formula is C30H36ClN3O5S. The highest BCUT2D eigenvalue weighted by Gasteiger charge is 2.32. The maximum atomic E-state index is 13.9. The Morgan fingerprint density at radius 2 is 1.62 bits per heavy atom. The standard InChI is InChI=1S/C30H36ClN3O5S/c1-21(2)18-32-30(36)23(4)33(19-24-11-13-27(39-5)14-12-24)29(35)20-34(26-8-6-7-25(31)17-26)40(37,38)28-15-9-22(3)10-16-28/h6-17,21,23H,18-20H2,1-5H3,(H,32,36)/t23-/m0/s1. The third-order valence-electron chi connectivity index (χ3n) is 6.35. The first-order chi connectivity index (χ1) is 18.9. The number of amides is 2. The Balaban J connectivity index is 2.00. The summed E-state index contributed by atoms with van der Waals surface area (Å²) < 4.78 is 33.9. The Bertz CT molecular complexity index is 1410. The second-order valence-electron chi connectivity index (χ2n) is 9.99. The van der Waals surface area contributed by atoms with Crippen LogP contribution < -0.4 is 14.4 Å². The van der Waals surface area contributed by atoms with Crippen LogP contribution in [0.4, 0.5) is 5.69 Å². The quantitative estimate of drug-likeness (QED) is 0.321. The third-order valence-corrected chi connectivity index (χ3v) is 8.37. The number of benzene rings is 3. The van der Waals surface area contributed by atoms with Crippen molar-refractivity contribution in [3.05, 3.63) is 88.9 Å². The summed E-state index contributed by atoms with van der Waals surface area (Å²) in [5, 5.41) is 3.20. The van der Waals surface area contributed by atoms with Crippen LogP contribution in [0.5, 0.6) is 5.75 Å². The molecule has 2 amide bonds. The van der Waals surface area contributed by atoms with Crippen LogP contribution >= 0.6 is 11.6 Å². The molecular weight excluding hydrogens is 550 g/mol. The van der Waals surface area contributed by atoms with Crippen LogP contribution in [-0.4, -0.2) is 51.4 Å². The predicted molar refractivity (Wildman–Crippen MR) is 158 cm³/mol. The molecule has 214 valence electrons. The van der Waals surface area contributed by atoms with Gasteiger partial charge < -0.3 is 15.0 Å². The molecule has 0 aliphatic rings. The van der Waals surface area contributed by atoms with Gasteiger partial charge in [0.25, 0.3) is 10.0 Å². The summed E-state index contributed by atoms with van der Waals surface area (Å²) in [6, 6.07) is 19.0. The van der Waals surface area contributed by atoms with Crippen LogP contribution in [0.1, 0.15) is 31.9 Å². The van der Waals surface area contributed by atoms with Crippen LogP contribution in [0, 0.1) is 12.8 Å². The van der Waals surface area contributed by atoms with Gasteiger partial charge in [0.05, 0.1) is 17.7 Å². The van der Waals surface area contributed by atoms with Crippen molar-refractivity contribution in [2.45, 2.75) is 45.2 Å². The maximum absolute atomic E-state index is 13.9. The number of nitrogens with one attached hydrogen (secondary N) is 1. The molecule has 0 heterocycles. The molecule has 0 spiro atoms. The number of hydrogen-bond acceptors (Lipinski definition) is 5. The van der Waals surface area contributed by atoms with E-state index in [4.69, 9.17) is 16.3 Å². The number of hydrogen-bond donors (Lipinski definition) is 1. The summed E-state index contributed by atoms with van der Waals surface area (Å²) in [5.41, 5.74) is 1.90. The minimum Gasteiger partial charge on any atom is -0.497 e. The van der Waals surface area contributed by atoms with E-state index >= 15 is 0 Å². The van der Waals surface area contributed by atoms with E-state index in [1.165, 1.54) is 23.1 Å². The van der Waals surface area contributed by atoms with Crippen molar-refractivity contribution in [1.29, 1.82) is 0 Å². The molecule has 0 unspecified atom stereocenters. The molecule has 40 heavy (non-hydrogen) atoms. The van der Waals surface area contributed by atoms with Crippen molar-refractivity contribution in [3.8, 4) is 5.75 Å². The fraction of sp³-hybridized carbons (Fsp3) is 0.333. The van der Waals surface area contributed by atoms with E-state index in [-0.39, 0.29) is 29.0 Å². The van der Waals surface area contributed by atoms with Gasteiger partial charge in [-0.2, -0.15) is 0 Å². The molecule has 0 bridgehead atoms.